The average Bonchev–Trinajstić information content (AvgIpc) is 2.61. The molecule has 0 spiro atoms. The molecule has 0 atom stereocenters. The molecule has 0 saturated heterocycles. The van der Waals surface area contributed by atoms with Gasteiger partial charge in [-0.05, 0) is 31.2 Å². The number of carboxylic acids is 1. The molecule has 0 aliphatic heterocycles. The van der Waals surface area contributed by atoms with E-state index in [1.165, 1.54) is 4.80 Å². The van der Waals surface area contributed by atoms with Crippen molar-refractivity contribution in [3.63, 3.8) is 0 Å². The molecular formula is C10H10N4O2. The van der Waals surface area contributed by atoms with Crippen molar-refractivity contribution in [1.82, 2.24) is 15.0 Å². The van der Waals surface area contributed by atoms with Gasteiger partial charge in [0.2, 0.25) is 0 Å². The first-order chi connectivity index (χ1) is 7.58. The third-order valence-electron chi connectivity index (χ3n) is 2.11. The lowest BCUT2D eigenvalue weighted by molar-refractivity contribution is 0.0689. The molecule has 1 aromatic carbocycles. The van der Waals surface area contributed by atoms with Gasteiger partial charge in [-0.25, -0.2) is 4.79 Å². The quantitative estimate of drug-likeness (QED) is 0.729. The molecule has 16 heavy (non-hydrogen) atoms. The van der Waals surface area contributed by atoms with Crippen molar-refractivity contribution in [2.24, 2.45) is 0 Å². The lowest BCUT2D eigenvalue weighted by Crippen LogP contribution is -2.02. The maximum absolute atomic E-state index is 10.8. The van der Waals surface area contributed by atoms with Crippen LogP contribution in [-0.4, -0.2) is 26.1 Å². The molecule has 0 saturated carbocycles. The third kappa shape index (κ3) is 1.72. The Morgan fingerprint density at radius 1 is 1.31 bits per heavy atom. The van der Waals surface area contributed by atoms with Gasteiger partial charge in [-0.2, -0.15) is 9.90 Å². The maximum Gasteiger partial charge on any atom is 0.358 e. The summed E-state index contributed by atoms with van der Waals surface area (Å²) in [5.41, 5.74) is 7.18. The van der Waals surface area contributed by atoms with Crippen LogP contribution in [0.15, 0.2) is 24.3 Å². The number of nitrogens with zero attached hydrogens (tertiary/aromatic N) is 3. The van der Waals surface area contributed by atoms with Crippen LogP contribution in [0.4, 0.5) is 5.69 Å². The molecule has 6 nitrogen and oxygen atoms in total. The Morgan fingerprint density at radius 3 is 2.44 bits per heavy atom. The molecule has 0 radical (unpaired) electrons. The predicted octanol–water partition coefficient (Wildman–Crippen LogP) is 0.856. The number of anilines is 1. The SMILES string of the molecule is Cc1nn(-c2ccc(N)cc2)nc1C(=O)O. The number of aromatic carboxylic acids is 1. The lowest BCUT2D eigenvalue weighted by Gasteiger charge is -1.98. The molecule has 3 N–H and O–H groups in total. The van der Waals surface area contributed by atoms with Crippen LogP contribution in [0.25, 0.3) is 5.69 Å². The highest BCUT2D eigenvalue weighted by Crippen LogP contribution is 2.10. The number of hydrogen-bond donors (Lipinski definition) is 2. The Labute approximate surface area is 91.3 Å². The second-order valence-corrected chi connectivity index (χ2v) is 3.32. The zero-order valence-corrected chi connectivity index (χ0v) is 8.58. The van der Waals surface area contributed by atoms with E-state index < -0.39 is 5.97 Å². The fourth-order valence-corrected chi connectivity index (χ4v) is 1.30. The molecule has 0 aliphatic rings. The molecule has 2 rings (SSSR count). The summed E-state index contributed by atoms with van der Waals surface area (Å²) in [6.07, 6.45) is 0. The average molecular weight is 218 g/mol. The van der Waals surface area contributed by atoms with Crippen molar-refractivity contribution in [3.05, 3.63) is 35.7 Å². The second-order valence-electron chi connectivity index (χ2n) is 3.32. The summed E-state index contributed by atoms with van der Waals surface area (Å²) in [5, 5.41) is 16.7. The summed E-state index contributed by atoms with van der Waals surface area (Å²) in [5.74, 6) is -1.08. The van der Waals surface area contributed by atoms with Gasteiger partial charge in [-0.3, -0.25) is 0 Å². The molecule has 0 bridgehead atoms. The molecule has 0 fully saturated rings. The smallest absolute Gasteiger partial charge is 0.358 e. The van der Waals surface area contributed by atoms with Crippen LogP contribution in [0, 0.1) is 6.92 Å². The number of nitrogen functional groups attached to an aromatic ring is 1. The minimum Gasteiger partial charge on any atom is -0.476 e. The first-order valence-electron chi connectivity index (χ1n) is 4.61. The Balaban J connectivity index is 2.45. The van der Waals surface area contributed by atoms with Crippen LogP contribution >= 0.6 is 0 Å². The number of aromatic nitrogens is 3. The monoisotopic (exact) mass is 218 g/mol. The molecule has 0 amide bonds. The van der Waals surface area contributed by atoms with Gasteiger partial charge in [-0.15, -0.1) is 5.10 Å². The summed E-state index contributed by atoms with van der Waals surface area (Å²) in [4.78, 5) is 12.1. The number of benzene rings is 1. The van der Waals surface area contributed by atoms with Crippen molar-refractivity contribution in [2.45, 2.75) is 6.92 Å². The summed E-state index contributed by atoms with van der Waals surface area (Å²) in [6, 6.07) is 6.85. The van der Waals surface area contributed by atoms with Gasteiger partial charge in [0.15, 0.2) is 5.69 Å². The summed E-state index contributed by atoms with van der Waals surface area (Å²) >= 11 is 0. The van der Waals surface area contributed by atoms with E-state index in [-0.39, 0.29) is 5.69 Å². The molecule has 1 aromatic heterocycles. The van der Waals surface area contributed by atoms with E-state index in [1.807, 2.05) is 0 Å². The van der Waals surface area contributed by atoms with Crippen LogP contribution < -0.4 is 5.73 Å². The van der Waals surface area contributed by atoms with Crippen LogP contribution in [0.3, 0.4) is 0 Å². The Kier molecular flexibility index (Phi) is 2.32. The van der Waals surface area contributed by atoms with Crippen LogP contribution in [0.5, 0.6) is 0 Å². The maximum atomic E-state index is 10.8. The van der Waals surface area contributed by atoms with Crippen molar-refractivity contribution in [1.29, 1.82) is 0 Å². The van der Waals surface area contributed by atoms with E-state index in [4.69, 9.17) is 10.8 Å². The number of nitrogens with two attached hydrogens (primary N) is 1. The number of aryl methyl sites for hydroxylation is 1. The van der Waals surface area contributed by atoms with Gasteiger partial charge >= 0.3 is 5.97 Å². The number of carbonyl (C=O) groups is 1. The van der Waals surface area contributed by atoms with E-state index in [0.717, 1.165) is 0 Å². The normalized spacial score (nSPS) is 10.3. The molecule has 0 aliphatic carbocycles. The highest BCUT2D eigenvalue weighted by atomic mass is 16.4. The molecule has 2 aromatic rings. The van der Waals surface area contributed by atoms with Gasteiger partial charge in [0.05, 0.1) is 11.4 Å². The molecule has 1 heterocycles. The molecular weight excluding hydrogens is 208 g/mol. The fourth-order valence-electron chi connectivity index (χ4n) is 1.30. The van der Waals surface area contributed by atoms with Gasteiger partial charge in [0, 0.05) is 5.69 Å². The van der Waals surface area contributed by atoms with Gasteiger partial charge in [0.1, 0.15) is 0 Å². The first-order valence-corrected chi connectivity index (χ1v) is 4.61. The van der Waals surface area contributed by atoms with Crippen molar-refractivity contribution in [2.75, 3.05) is 5.73 Å². The zero-order chi connectivity index (χ0) is 11.7. The van der Waals surface area contributed by atoms with Gasteiger partial charge < -0.3 is 10.8 Å². The van der Waals surface area contributed by atoms with Gasteiger partial charge in [-0.1, -0.05) is 0 Å². The Morgan fingerprint density at radius 2 is 1.94 bits per heavy atom. The lowest BCUT2D eigenvalue weighted by atomic mass is 10.3. The highest BCUT2D eigenvalue weighted by molar-refractivity contribution is 5.86. The Bertz CT molecular complexity index is 530. The highest BCUT2D eigenvalue weighted by Gasteiger charge is 2.14. The number of rotatable bonds is 2. The van der Waals surface area contributed by atoms with E-state index in [2.05, 4.69) is 10.2 Å². The van der Waals surface area contributed by atoms with E-state index in [9.17, 15) is 4.79 Å². The van der Waals surface area contributed by atoms with Crippen LogP contribution in [0.2, 0.25) is 0 Å². The molecule has 82 valence electrons. The molecule has 0 unspecified atom stereocenters. The first kappa shape index (κ1) is 10.2. The Hall–Kier alpha value is -2.37. The minimum atomic E-state index is -1.08. The zero-order valence-electron chi connectivity index (χ0n) is 8.58. The van der Waals surface area contributed by atoms with E-state index in [0.29, 0.717) is 17.1 Å². The van der Waals surface area contributed by atoms with Crippen molar-refractivity contribution in [3.8, 4) is 5.69 Å². The van der Waals surface area contributed by atoms with E-state index in [1.54, 1.807) is 31.2 Å². The van der Waals surface area contributed by atoms with Crippen LogP contribution in [0.1, 0.15) is 16.2 Å². The second kappa shape index (κ2) is 3.65. The summed E-state index contributed by atoms with van der Waals surface area (Å²) in [7, 11) is 0. The minimum absolute atomic E-state index is 0.0446. The number of carboxylic acid groups (broad SMARTS) is 1. The third-order valence-corrected chi connectivity index (χ3v) is 2.11. The standard InChI is InChI=1S/C10H10N4O2/c1-6-9(10(15)16)13-14(12-6)8-4-2-7(11)3-5-8/h2-5H,11H2,1H3,(H,15,16). The van der Waals surface area contributed by atoms with Crippen molar-refractivity contribution < 1.29 is 9.90 Å². The number of hydrogen-bond acceptors (Lipinski definition) is 4. The van der Waals surface area contributed by atoms with Crippen LogP contribution in [-0.2, 0) is 0 Å². The van der Waals surface area contributed by atoms with Crippen molar-refractivity contribution >= 4 is 11.7 Å². The van der Waals surface area contributed by atoms with E-state index >= 15 is 0 Å². The fraction of sp³-hybridized carbons (Fsp3) is 0.100. The topological polar surface area (TPSA) is 94.0 Å². The largest absolute Gasteiger partial charge is 0.476 e. The summed E-state index contributed by atoms with van der Waals surface area (Å²) in [6.45, 7) is 1.60. The molecule has 6 heteroatoms. The summed E-state index contributed by atoms with van der Waals surface area (Å²) < 4.78 is 0. The van der Waals surface area contributed by atoms with Gasteiger partial charge in [0.25, 0.3) is 0 Å². The predicted molar refractivity (Wildman–Crippen MR) is 57.5 cm³/mol.